The normalized spacial score (nSPS) is 33.3. The molecule has 3 unspecified atom stereocenters. The number of nitrogens with zero attached hydrogens (tertiary/aromatic N) is 1. The van der Waals surface area contributed by atoms with Gasteiger partial charge in [-0.1, -0.05) is 33.1 Å². The molecule has 0 spiro atoms. The monoisotopic (exact) mass is 266 g/mol. The molecular formula is C17H34N2. The molecule has 0 bridgehead atoms. The molecule has 0 amide bonds. The molecule has 2 rings (SSSR count). The number of hydrogen-bond acceptors (Lipinski definition) is 2. The van der Waals surface area contributed by atoms with Crippen molar-refractivity contribution in [3.05, 3.63) is 0 Å². The van der Waals surface area contributed by atoms with Gasteiger partial charge in [-0.2, -0.15) is 0 Å². The van der Waals surface area contributed by atoms with E-state index < -0.39 is 0 Å². The molecule has 1 saturated carbocycles. The summed E-state index contributed by atoms with van der Waals surface area (Å²) in [4.78, 5) is 2.80. The Bertz CT molecular complexity index is 235. The van der Waals surface area contributed by atoms with Crippen LogP contribution in [-0.4, -0.2) is 37.1 Å². The summed E-state index contributed by atoms with van der Waals surface area (Å²) in [6.07, 6.45) is 11.5. The minimum absolute atomic E-state index is 0.878. The van der Waals surface area contributed by atoms with Gasteiger partial charge < -0.3 is 10.2 Å². The molecule has 0 aromatic carbocycles. The predicted octanol–water partition coefficient (Wildman–Crippen LogP) is 3.67. The van der Waals surface area contributed by atoms with E-state index in [0.29, 0.717) is 0 Å². The van der Waals surface area contributed by atoms with Gasteiger partial charge in [0.1, 0.15) is 0 Å². The number of rotatable bonds is 5. The summed E-state index contributed by atoms with van der Waals surface area (Å²) in [5.41, 5.74) is 0. The van der Waals surface area contributed by atoms with Crippen molar-refractivity contribution in [1.82, 2.24) is 10.2 Å². The fourth-order valence-electron chi connectivity index (χ4n) is 4.08. The van der Waals surface area contributed by atoms with Gasteiger partial charge in [0.15, 0.2) is 0 Å². The van der Waals surface area contributed by atoms with E-state index in [0.717, 1.165) is 17.9 Å². The Morgan fingerprint density at radius 1 is 0.947 bits per heavy atom. The van der Waals surface area contributed by atoms with Crippen molar-refractivity contribution < 1.29 is 0 Å². The third kappa shape index (κ3) is 4.75. The van der Waals surface area contributed by atoms with Crippen LogP contribution in [0.1, 0.15) is 65.2 Å². The molecule has 1 saturated heterocycles. The van der Waals surface area contributed by atoms with Gasteiger partial charge in [0.2, 0.25) is 0 Å². The van der Waals surface area contributed by atoms with E-state index in [9.17, 15) is 0 Å². The van der Waals surface area contributed by atoms with Crippen LogP contribution in [0.5, 0.6) is 0 Å². The molecule has 0 radical (unpaired) electrons. The van der Waals surface area contributed by atoms with Crippen molar-refractivity contribution >= 4 is 0 Å². The van der Waals surface area contributed by atoms with Gasteiger partial charge in [-0.15, -0.1) is 0 Å². The van der Waals surface area contributed by atoms with Crippen molar-refractivity contribution in [3.8, 4) is 0 Å². The summed E-state index contributed by atoms with van der Waals surface area (Å²) < 4.78 is 0. The summed E-state index contributed by atoms with van der Waals surface area (Å²) in [5.74, 6) is 1.92. The third-order valence-corrected chi connectivity index (χ3v) is 5.45. The fraction of sp³-hybridized carbons (Fsp3) is 1.00. The molecule has 2 heteroatoms. The lowest BCUT2D eigenvalue weighted by Crippen LogP contribution is -2.42. The second-order valence-electron chi connectivity index (χ2n) is 6.74. The lowest BCUT2D eigenvalue weighted by atomic mass is 9.96. The second-order valence-corrected chi connectivity index (χ2v) is 6.74. The maximum Gasteiger partial charge on any atom is 0.00953 e. The molecule has 1 aliphatic heterocycles. The molecule has 1 aliphatic carbocycles. The van der Waals surface area contributed by atoms with E-state index in [4.69, 9.17) is 0 Å². The Morgan fingerprint density at radius 3 is 2.47 bits per heavy atom. The van der Waals surface area contributed by atoms with Crippen molar-refractivity contribution in [2.75, 3.05) is 26.2 Å². The first-order valence-electron chi connectivity index (χ1n) is 8.78. The maximum absolute atomic E-state index is 3.57. The average Bonchev–Trinajstić information content (AvgIpc) is 2.71. The van der Waals surface area contributed by atoms with E-state index in [2.05, 4.69) is 24.1 Å². The third-order valence-electron chi connectivity index (χ3n) is 5.45. The van der Waals surface area contributed by atoms with Gasteiger partial charge in [0.25, 0.3) is 0 Å². The Morgan fingerprint density at radius 2 is 1.79 bits per heavy atom. The standard InChI is InChI=1S/C17H34N2/c1-3-15-7-5-9-17(11-10-15)19(4-2)14-16-8-6-12-18-13-16/h15-18H,3-14H2,1-2H3. The van der Waals surface area contributed by atoms with Gasteiger partial charge >= 0.3 is 0 Å². The molecule has 0 aromatic heterocycles. The Balaban J connectivity index is 1.82. The van der Waals surface area contributed by atoms with E-state index >= 15 is 0 Å². The minimum atomic E-state index is 0.878. The maximum atomic E-state index is 3.57. The van der Waals surface area contributed by atoms with Gasteiger partial charge in [-0.05, 0) is 63.6 Å². The van der Waals surface area contributed by atoms with Crippen LogP contribution in [0.3, 0.4) is 0 Å². The summed E-state index contributed by atoms with van der Waals surface area (Å²) in [7, 11) is 0. The Kier molecular flexibility index (Phi) is 6.66. The van der Waals surface area contributed by atoms with Crippen molar-refractivity contribution in [2.45, 2.75) is 71.3 Å². The van der Waals surface area contributed by atoms with Crippen LogP contribution in [0, 0.1) is 11.8 Å². The highest BCUT2D eigenvalue weighted by atomic mass is 15.2. The van der Waals surface area contributed by atoms with Crippen LogP contribution < -0.4 is 5.32 Å². The zero-order valence-corrected chi connectivity index (χ0v) is 13.2. The van der Waals surface area contributed by atoms with Gasteiger partial charge in [0.05, 0.1) is 0 Å². The van der Waals surface area contributed by atoms with E-state index in [1.54, 1.807) is 0 Å². The molecule has 3 atom stereocenters. The minimum Gasteiger partial charge on any atom is -0.316 e. The Labute approximate surface area is 120 Å². The Hall–Kier alpha value is -0.0800. The summed E-state index contributed by atoms with van der Waals surface area (Å²) in [6.45, 7) is 9.81. The first-order valence-corrected chi connectivity index (χ1v) is 8.78. The summed E-state index contributed by atoms with van der Waals surface area (Å²) in [6, 6.07) is 0.878. The predicted molar refractivity (Wildman–Crippen MR) is 83.5 cm³/mol. The zero-order chi connectivity index (χ0) is 13.5. The molecule has 1 heterocycles. The quantitative estimate of drug-likeness (QED) is 0.764. The molecular weight excluding hydrogens is 232 g/mol. The van der Waals surface area contributed by atoms with Gasteiger partial charge in [0, 0.05) is 12.6 Å². The first kappa shape index (κ1) is 15.3. The highest BCUT2D eigenvalue weighted by Gasteiger charge is 2.24. The number of nitrogens with one attached hydrogen (secondary N) is 1. The van der Waals surface area contributed by atoms with Crippen molar-refractivity contribution in [2.24, 2.45) is 11.8 Å². The average molecular weight is 266 g/mol. The van der Waals surface area contributed by atoms with Crippen LogP contribution >= 0.6 is 0 Å². The van der Waals surface area contributed by atoms with Crippen LogP contribution in [-0.2, 0) is 0 Å². The first-order chi connectivity index (χ1) is 9.33. The smallest absolute Gasteiger partial charge is 0.00953 e. The molecule has 19 heavy (non-hydrogen) atoms. The van der Waals surface area contributed by atoms with Gasteiger partial charge in [-0.25, -0.2) is 0 Å². The van der Waals surface area contributed by atoms with Crippen molar-refractivity contribution in [1.29, 1.82) is 0 Å². The van der Waals surface area contributed by atoms with E-state index in [1.807, 2.05) is 0 Å². The van der Waals surface area contributed by atoms with Crippen LogP contribution in [0.15, 0.2) is 0 Å². The topological polar surface area (TPSA) is 15.3 Å². The fourth-order valence-corrected chi connectivity index (χ4v) is 4.08. The largest absolute Gasteiger partial charge is 0.316 e. The number of hydrogen-bond donors (Lipinski definition) is 1. The van der Waals surface area contributed by atoms with Crippen molar-refractivity contribution in [3.63, 3.8) is 0 Å². The second kappa shape index (κ2) is 8.26. The molecule has 0 aromatic rings. The van der Waals surface area contributed by atoms with Gasteiger partial charge in [-0.3, -0.25) is 0 Å². The lowest BCUT2D eigenvalue weighted by Gasteiger charge is -2.35. The zero-order valence-electron chi connectivity index (χ0n) is 13.2. The molecule has 1 N–H and O–H groups in total. The SMILES string of the molecule is CCC1CCCC(N(CC)CC2CCCNC2)CC1. The van der Waals surface area contributed by atoms with Crippen LogP contribution in [0.4, 0.5) is 0 Å². The van der Waals surface area contributed by atoms with E-state index in [-0.39, 0.29) is 0 Å². The molecule has 2 aliphatic rings. The van der Waals surface area contributed by atoms with Crippen LogP contribution in [0.25, 0.3) is 0 Å². The molecule has 2 fully saturated rings. The summed E-state index contributed by atoms with van der Waals surface area (Å²) in [5, 5.41) is 3.57. The summed E-state index contributed by atoms with van der Waals surface area (Å²) >= 11 is 0. The van der Waals surface area contributed by atoms with E-state index in [1.165, 1.54) is 77.5 Å². The number of piperidine rings is 1. The highest BCUT2D eigenvalue weighted by molar-refractivity contribution is 4.80. The molecule has 2 nitrogen and oxygen atoms in total. The highest BCUT2D eigenvalue weighted by Crippen LogP contribution is 2.28. The van der Waals surface area contributed by atoms with Crippen LogP contribution in [0.2, 0.25) is 0 Å². The molecule has 112 valence electrons. The lowest BCUT2D eigenvalue weighted by molar-refractivity contribution is 0.147.